The molecule has 0 saturated heterocycles. The van der Waals surface area contributed by atoms with Crippen LogP contribution in [0.2, 0.25) is 0 Å². The molecule has 0 aromatic rings. The Bertz CT molecular complexity index is 1050. The topological polar surface area (TPSA) is 111 Å². The molecule has 0 aromatic carbocycles. The molecule has 0 bridgehead atoms. The van der Waals surface area contributed by atoms with Crippen LogP contribution >= 0.6 is 7.82 Å². The summed E-state index contributed by atoms with van der Waals surface area (Å²) >= 11 is 0. The Morgan fingerprint density at radius 2 is 0.836 bits per heavy atom. The van der Waals surface area contributed by atoms with Crippen LogP contribution in [0.5, 0.6) is 0 Å². The first-order valence-corrected chi connectivity index (χ1v) is 27.4. The molecule has 0 aliphatic heterocycles. The van der Waals surface area contributed by atoms with E-state index in [1.165, 1.54) is 173 Å². The smallest absolute Gasteiger partial charge is 0.306 e. The molecule has 362 valence electrons. The summed E-state index contributed by atoms with van der Waals surface area (Å²) in [6.45, 7) is 4.26. The Balaban J connectivity index is 4.18. The molecular formula is C51H100NO8P. The molecule has 0 aromatic heterocycles. The van der Waals surface area contributed by atoms with Crippen LogP contribution < -0.4 is 4.89 Å². The lowest BCUT2D eigenvalue weighted by Crippen LogP contribution is -2.37. The highest BCUT2D eigenvalue weighted by atomic mass is 31.2. The van der Waals surface area contributed by atoms with Crippen molar-refractivity contribution in [2.75, 3.05) is 47.5 Å². The lowest BCUT2D eigenvalue weighted by Gasteiger charge is -2.28. The standard InChI is InChI=1S/C51H100NO8P/c1-6-8-10-12-14-16-18-20-22-23-24-25-26-27-28-30-31-33-35-37-39-41-43-50(53)57-47-49(48-59-61(55,56)58-46-45-52(3,4)5)60-51(54)44-42-40-38-36-34-32-29-21-19-17-15-13-11-9-7-2/h32,34,49H,6-31,33,35-48H2,1-5H3/b34-32+/t49-/m1/s1. The minimum absolute atomic E-state index is 0.0301. The van der Waals surface area contributed by atoms with Gasteiger partial charge in [0.1, 0.15) is 19.8 Å². The van der Waals surface area contributed by atoms with Gasteiger partial charge >= 0.3 is 11.9 Å². The quantitative estimate of drug-likeness (QED) is 0.0195. The van der Waals surface area contributed by atoms with Crippen molar-refractivity contribution in [2.45, 2.75) is 258 Å². The maximum absolute atomic E-state index is 12.7. The fourth-order valence-corrected chi connectivity index (χ4v) is 8.20. The van der Waals surface area contributed by atoms with Gasteiger partial charge in [-0.25, -0.2) is 0 Å². The zero-order valence-corrected chi connectivity index (χ0v) is 41.8. The van der Waals surface area contributed by atoms with Gasteiger partial charge in [-0.05, 0) is 38.5 Å². The van der Waals surface area contributed by atoms with Gasteiger partial charge in [0, 0.05) is 12.8 Å². The zero-order valence-electron chi connectivity index (χ0n) is 40.9. The lowest BCUT2D eigenvalue weighted by molar-refractivity contribution is -0.870. The van der Waals surface area contributed by atoms with Crippen molar-refractivity contribution in [3.63, 3.8) is 0 Å². The van der Waals surface area contributed by atoms with Gasteiger partial charge in [0.05, 0.1) is 27.7 Å². The van der Waals surface area contributed by atoms with E-state index in [1.807, 2.05) is 21.1 Å². The minimum atomic E-state index is -4.63. The van der Waals surface area contributed by atoms with E-state index in [1.54, 1.807) is 0 Å². The molecule has 0 aliphatic rings. The van der Waals surface area contributed by atoms with Gasteiger partial charge in [-0.2, -0.15) is 0 Å². The molecule has 0 saturated carbocycles. The van der Waals surface area contributed by atoms with Crippen LogP contribution in [0, 0.1) is 0 Å². The predicted molar refractivity (Wildman–Crippen MR) is 255 cm³/mol. The summed E-state index contributed by atoms with van der Waals surface area (Å²) in [6.07, 6.45) is 48.2. The third-order valence-corrected chi connectivity index (χ3v) is 12.5. The van der Waals surface area contributed by atoms with E-state index in [2.05, 4.69) is 26.0 Å². The molecule has 0 rings (SSSR count). The summed E-state index contributed by atoms with van der Waals surface area (Å²) in [5, 5.41) is 0. The first-order valence-electron chi connectivity index (χ1n) is 25.9. The van der Waals surface area contributed by atoms with E-state index in [4.69, 9.17) is 18.5 Å². The summed E-state index contributed by atoms with van der Waals surface area (Å²) in [5.41, 5.74) is 0. The molecule has 0 fully saturated rings. The highest BCUT2D eigenvalue weighted by Gasteiger charge is 2.21. The molecule has 0 heterocycles. The first kappa shape index (κ1) is 59.8. The number of carbonyl (C=O) groups excluding carboxylic acids is 2. The minimum Gasteiger partial charge on any atom is -0.756 e. The van der Waals surface area contributed by atoms with Crippen LogP contribution in [0.25, 0.3) is 0 Å². The van der Waals surface area contributed by atoms with E-state index in [9.17, 15) is 19.0 Å². The van der Waals surface area contributed by atoms with Crippen molar-refractivity contribution in [2.24, 2.45) is 0 Å². The number of likely N-dealkylation sites (N-methyl/N-ethyl adjacent to an activating group) is 1. The van der Waals surface area contributed by atoms with Gasteiger partial charge in [0.25, 0.3) is 7.82 Å². The molecule has 2 atom stereocenters. The number of allylic oxidation sites excluding steroid dienone is 2. The second-order valence-electron chi connectivity index (χ2n) is 18.9. The van der Waals surface area contributed by atoms with Gasteiger partial charge in [-0.1, -0.05) is 212 Å². The normalized spacial score (nSPS) is 13.5. The number of quaternary nitrogens is 1. The third-order valence-electron chi connectivity index (χ3n) is 11.5. The number of ether oxygens (including phenoxy) is 2. The number of unbranched alkanes of at least 4 members (excludes halogenated alkanes) is 32. The average molecular weight is 886 g/mol. The van der Waals surface area contributed by atoms with Gasteiger partial charge in [-0.3, -0.25) is 14.2 Å². The Morgan fingerprint density at radius 3 is 1.23 bits per heavy atom. The molecular weight excluding hydrogens is 786 g/mol. The fraction of sp³-hybridized carbons (Fsp3) is 0.922. The summed E-state index contributed by atoms with van der Waals surface area (Å²) in [7, 11) is 1.17. The lowest BCUT2D eigenvalue weighted by atomic mass is 10.0. The SMILES string of the molecule is CCCCCCCCCC/C=C/CCCCCC(=O)O[C@H](COC(=O)CCCCCCCCCCCCCCCCCCCCCCCC)COP(=O)([O-])OCC[N+](C)(C)C. The average Bonchev–Trinajstić information content (AvgIpc) is 3.21. The Kier molecular flexibility index (Phi) is 43.1. The van der Waals surface area contributed by atoms with Crippen molar-refractivity contribution in [3.05, 3.63) is 12.2 Å². The maximum Gasteiger partial charge on any atom is 0.306 e. The molecule has 0 amide bonds. The number of esters is 2. The van der Waals surface area contributed by atoms with Crippen molar-refractivity contribution < 1.29 is 42.1 Å². The summed E-state index contributed by atoms with van der Waals surface area (Å²) in [4.78, 5) is 37.7. The number of nitrogens with zero attached hydrogens (tertiary/aromatic N) is 1. The highest BCUT2D eigenvalue weighted by Crippen LogP contribution is 2.38. The predicted octanol–water partition coefficient (Wildman–Crippen LogP) is 14.7. The third kappa shape index (κ3) is 48.1. The molecule has 0 radical (unpaired) electrons. The largest absolute Gasteiger partial charge is 0.756 e. The fourth-order valence-electron chi connectivity index (χ4n) is 7.48. The monoisotopic (exact) mass is 886 g/mol. The van der Waals surface area contributed by atoms with E-state index in [-0.39, 0.29) is 32.0 Å². The summed E-state index contributed by atoms with van der Waals surface area (Å²) in [5.74, 6) is -0.838. The van der Waals surface area contributed by atoms with E-state index in [0.29, 0.717) is 17.4 Å². The van der Waals surface area contributed by atoms with Crippen LogP contribution in [-0.4, -0.2) is 70.0 Å². The molecule has 9 nitrogen and oxygen atoms in total. The Morgan fingerprint density at radius 1 is 0.492 bits per heavy atom. The molecule has 0 aliphatic carbocycles. The van der Waals surface area contributed by atoms with E-state index < -0.39 is 26.5 Å². The van der Waals surface area contributed by atoms with Gasteiger partial charge in [-0.15, -0.1) is 0 Å². The molecule has 1 unspecified atom stereocenters. The van der Waals surface area contributed by atoms with E-state index in [0.717, 1.165) is 44.9 Å². The van der Waals surface area contributed by atoms with Gasteiger partial charge < -0.3 is 27.9 Å². The maximum atomic E-state index is 12.7. The molecule has 0 spiro atoms. The molecule has 10 heteroatoms. The first-order chi connectivity index (χ1) is 29.5. The van der Waals surface area contributed by atoms with Crippen LogP contribution in [0.15, 0.2) is 12.2 Å². The molecule has 61 heavy (non-hydrogen) atoms. The van der Waals surface area contributed by atoms with Crippen LogP contribution in [0.1, 0.15) is 251 Å². The van der Waals surface area contributed by atoms with Crippen molar-refractivity contribution in [1.29, 1.82) is 0 Å². The number of phosphoric ester groups is 1. The number of hydrogen-bond acceptors (Lipinski definition) is 8. The molecule has 0 N–H and O–H groups in total. The Hall–Kier alpha value is -1.25. The van der Waals surface area contributed by atoms with Gasteiger partial charge in [0.15, 0.2) is 6.10 Å². The summed E-state index contributed by atoms with van der Waals surface area (Å²) in [6, 6.07) is 0. The number of hydrogen-bond donors (Lipinski definition) is 0. The second-order valence-corrected chi connectivity index (χ2v) is 20.3. The zero-order chi connectivity index (χ0) is 45.0. The number of carbonyl (C=O) groups is 2. The van der Waals surface area contributed by atoms with Crippen LogP contribution in [0.3, 0.4) is 0 Å². The Labute approximate surface area is 377 Å². The number of phosphoric acid groups is 1. The van der Waals surface area contributed by atoms with E-state index >= 15 is 0 Å². The van der Waals surface area contributed by atoms with Crippen molar-refractivity contribution in [3.8, 4) is 0 Å². The highest BCUT2D eigenvalue weighted by molar-refractivity contribution is 7.45. The van der Waals surface area contributed by atoms with Crippen molar-refractivity contribution in [1.82, 2.24) is 0 Å². The number of rotatable bonds is 48. The van der Waals surface area contributed by atoms with Crippen LogP contribution in [-0.2, 0) is 32.7 Å². The second kappa shape index (κ2) is 44.0. The van der Waals surface area contributed by atoms with Crippen molar-refractivity contribution >= 4 is 19.8 Å². The summed E-state index contributed by atoms with van der Waals surface area (Å²) < 4.78 is 34.0. The van der Waals surface area contributed by atoms with Gasteiger partial charge in [0.2, 0.25) is 0 Å². The van der Waals surface area contributed by atoms with Crippen LogP contribution in [0.4, 0.5) is 0 Å².